The van der Waals surface area contributed by atoms with Crippen LogP contribution in [0.3, 0.4) is 0 Å². The zero-order chi connectivity index (χ0) is 15.4. The summed E-state index contributed by atoms with van der Waals surface area (Å²) in [6.45, 7) is 1.93. The molecule has 5 heteroatoms. The third kappa shape index (κ3) is 3.52. The number of aryl methyl sites for hydroxylation is 1. The second-order valence-corrected chi connectivity index (χ2v) is 4.90. The Morgan fingerprint density at radius 2 is 1.95 bits per heavy atom. The fourth-order valence-corrected chi connectivity index (χ4v) is 2.20. The molecule has 0 radical (unpaired) electrons. The number of hydrogen-bond donors (Lipinski definition) is 1. The number of esters is 1. The lowest BCUT2D eigenvalue weighted by Gasteiger charge is -2.14. The largest absolute Gasteiger partial charge is 0.465 e. The lowest BCUT2D eigenvalue weighted by atomic mass is 10.1. The Labute approximate surface area is 127 Å². The number of hydrogen-bond acceptors (Lipinski definition) is 3. The minimum atomic E-state index is -0.486. The van der Waals surface area contributed by atoms with Gasteiger partial charge in [-0.15, -0.1) is 0 Å². The first kappa shape index (κ1) is 15.3. The Kier molecular flexibility index (Phi) is 4.81. The first-order valence-electron chi connectivity index (χ1n) is 6.48. The summed E-state index contributed by atoms with van der Waals surface area (Å²) in [6.07, 6.45) is 0.668. The van der Waals surface area contributed by atoms with Crippen LogP contribution < -0.4 is 5.32 Å². The summed E-state index contributed by atoms with van der Waals surface area (Å²) >= 11 is 5.92. The van der Waals surface area contributed by atoms with E-state index in [4.69, 9.17) is 16.3 Å². The minimum Gasteiger partial charge on any atom is -0.465 e. The van der Waals surface area contributed by atoms with Gasteiger partial charge in [0.1, 0.15) is 5.82 Å². The Hall–Kier alpha value is -2.07. The molecule has 0 unspecified atom stereocenters. The van der Waals surface area contributed by atoms with Crippen LogP contribution in [0, 0.1) is 5.82 Å². The summed E-state index contributed by atoms with van der Waals surface area (Å²) in [5.74, 6) is -0.776. The maximum Gasteiger partial charge on any atom is 0.340 e. The van der Waals surface area contributed by atoms with E-state index in [1.54, 1.807) is 18.2 Å². The van der Waals surface area contributed by atoms with Gasteiger partial charge in [-0.25, -0.2) is 9.18 Å². The van der Waals surface area contributed by atoms with E-state index in [0.29, 0.717) is 22.7 Å². The fourth-order valence-electron chi connectivity index (χ4n) is 2.03. The van der Waals surface area contributed by atoms with Crippen molar-refractivity contribution in [3.8, 4) is 0 Å². The number of halogens is 2. The molecule has 3 nitrogen and oxygen atoms in total. The summed E-state index contributed by atoms with van der Waals surface area (Å²) in [4.78, 5) is 11.8. The molecule has 2 aromatic rings. The van der Waals surface area contributed by atoms with E-state index < -0.39 is 5.97 Å². The van der Waals surface area contributed by atoms with Crippen LogP contribution in [0.25, 0.3) is 0 Å². The molecule has 21 heavy (non-hydrogen) atoms. The highest BCUT2D eigenvalue weighted by molar-refractivity contribution is 6.31. The number of nitrogens with one attached hydrogen (secondary N) is 1. The van der Waals surface area contributed by atoms with E-state index >= 15 is 0 Å². The average Bonchev–Trinajstić information content (AvgIpc) is 2.49. The van der Waals surface area contributed by atoms with Crippen molar-refractivity contribution in [2.75, 3.05) is 12.4 Å². The minimum absolute atomic E-state index is 0.290. The first-order chi connectivity index (χ1) is 10.0. The Bertz CT molecular complexity index is 673. The van der Waals surface area contributed by atoms with Crippen LogP contribution in [-0.4, -0.2) is 13.1 Å². The van der Waals surface area contributed by atoms with Gasteiger partial charge >= 0.3 is 5.97 Å². The average molecular weight is 308 g/mol. The van der Waals surface area contributed by atoms with Crippen molar-refractivity contribution in [3.05, 3.63) is 58.4 Å². The topological polar surface area (TPSA) is 38.3 Å². The molecule has 1 N–H and O–H groups in total. The molecule has 110 valence electrons. The number of anilines is 2. The van der Waals surface area contributed by atoms with E-state index in [1.165, 1.54) is 25.3 Å². The van der Waals surface area contributed by atoms with Crippen LogP contribution in [0.15, 0.2) is 36.4 Å². The Morgan fingerprint density at radius 1 is 1.24 bits per heavy atom. The molecule has 0 saturated heterocycles. The predicted molar refractivity (Wildman–Crippen MR) is 81.9 cm³/mol. The van der Waals surface area contributed by atoms with Gasteiger partial charge in [-0.3, -0.25) is 0 Å². The number of rotatable bonds is 4. The van der Waals surface area contributed by atoms with E-state index in [0.717, 1.165) is 11.3 Å². The van der Waals surface area contributed by atoms with Crippen molar-refractivity contribution in [2.24, 2.45) is 0 Å². The Balaban J connectivity index is 2.42. The zero-order valence-electron chi connectivity index (χ0n) is 11.7. The summed E-state index contributed by atoms with van der Waals surface area (Å²) in [7, 11) is 1.31. The number of carbonyl (C=O) groups is 1. The molecule has 0 bridgehead atoms. The quantitative estimate of drug-likeness (QED) is 0.841. The van der Waals surface area contributed by atoms with Crippen molar-refractivity contribution in [2.45, 2.75) is 13.3 Å². The fraction of sp³-hybridized carbons (Fsp3) is 0.188. The van der Waals surface area contributed by atoms with Crippen molar-refractivity contribution >= 4 is 28.9 Å². The highest BCUT2D eigenvalue weighted by Gasteiger charge is 2.14. The molecule has 2 aromatic carbocycles. The van der Waals surface area contributed by atoms with Crippen molar-refractivity contribution in [3.63, 3.8) is 0 Å². The monoisotopic (exact) mass is 307 g/mol. The Morgan fingerprint density at radius 3 is 2.62 bits per heavy atom. The van der Waals surface area contributed by atoms with Gasteiger partial charge in [-0.1, -0.05) is 18.5 Å². The predicted octanol–water partition coefficient (Wildman–Crippen LogP) is 4.57. The first-order valence-corrected chi connectivity index (χ1v) is 6.86. The third-order valence-corrected chi connectivity index (χ3v) is 3.34. The van der Waals surface area contributed by atoms with Crippen LogP contribution >= 0.6 is 11.6 Å². The van der Waals surface area contributed by atoms with Crippen LogP contribution in [0.5, 0.6) is 0 Å². The molecule has 0 saturated carbocycles. The van der Waals surface area contributed by atoms with Gasteiger partial charge in [0, 0.05) is 10.7 Å². The summed E-state index contributed by atoms with van der Waals surface area (Å²) in [6, 6.07) is 9.38. The van der Waals surface area contributed by atoms with Gasteiger partial charge in [-0.05, 0) is 48.4 Å². The maximum absolute atomic E-state index is 13.3. The SMILES string of the molecule is CCc1cc(F)ccc1Nc1ccc(Cl)cc1C(=O)OC. The summed E-state index contributed by atoms with van der Waals surface area (Å²) in [5.41, 5.74) is 2.45. The van der Waals surface area contributed by atoms with Crippen molar-refractivity contribution in [1.82, 2.24) is 0 Å². The molecule has 0 heterocycles. The number of carbonyl (C=O) groups excluding carboxylic acids is 1. The lowest BCUT2D eigenvalue weighted by molar-refractivity contribution is 0.0602. The number of methoxy groups -OCH3 is 1. The molecule has 0 aliphatic heterocycles. The van der Waals surface area contributed by atoms with Gasteiger partial charge in [0.15, 0.2) is 0 Å². The summed E-state index contributed by atoms with van der Waals surface area (Å²) in [5, 5.41) is 3.58. The highest BCUT2D eigenvalue weighted by atomic mass is 35.5. The normalized spacial score (nSPS) is 10.3. The molecule has 0 fully saturated rings. The number of ether oxygens (including phenoxy) is 1. The molecular formula is C16H15ClFNO2. The van der Waals surface area contributed by atoms with Gasteiger partial charge in [0.05, 0.1) is 18.4 Å². The smallest absolute Gasteiger partial charge is 0.340 e. The molecule has 0 atom stereocenters. The van der Waals surface area contributed by atoms with E-state index in [2.05, 4.69) is 5.32 Å². The van der Waals surface area contributed by atoms with Gasteiger partial charge < -0.3 is 10.1 Å². The van der Waals surface area contributed by atoms with Crippen LogP contribution in [0.2, 0.25) is 5.02 Å². The molecule has 0 aliphatic rings. The molecule has 2 rings (SSSR count). The second-order valence-electron chi connectivity index (χ2n) is 4.46. The van der Waals surface area contributed by atoms with E-state index in [1.807, 2.05) is 6.92 Å². The highest BCUT2D eigenvalue weighted by Crippen LogP contribution is 2.27. The standard InChI is InChI=1S/C16H15ClFNO2/c1-3-10-8-12(18)5-7-14(10)19-15-6-4-11(17)9-13(15)16(20)21-2/h4-9,19H,3H2,1-2H3. The molecule has 0 amide bonds. The van der Waals surface area contributed by atoms with Crippen LogP contribution in [0.4, 0.5) is 15.8 Å². The lowest BCUT2D eigenvalue weighted by Crippen LogP contribution is -2.06. The summed E-state index contributed by atoms with van der Waals surface area (Å²) < 4.78 is 18.0. The molecule has 0 spiro atoms. The van der Waals surface area contributed by atoms with Gasteiger partial charge in [0.25, 0.3) is 0 Å². The number of benzene rings is 2. The second kappa shape index (κ2) is 6.59. The van der Waals surface area contributed by atoms with Crippen molar-refractivity contribution in [1.29, 1.82) is 0 Å². The zero-order valence-corrected chi connectivity index (χ0v) is 12.5. The molecule has 0 aliphatic carbocycles. The van der Waals surface area contributed by atoms with Crippen LogP contribution in [0.1, 0.15) is 22.8 Å². The van der Waals surface area contributed by atoms with Gasteiger partial charge in [0.2, 0.25) is 0 Å². The van der Waals surface area contributed by atoms with Gasteiger partial charge in [-0.2, -0.15) is 0 Å². The van der Waals surface area contributed by atoms with Crippen molar-refractivity contribution < 1.29 is 13.9 Å². The third-order valence-electron chi connectivity index (χ3n) is 3.10. The molecular weight excluding hydrogens is 293 g/mol. The van der Waals surface area contributed by atoms with E-state index in [-0.39, 0.29) is 5.82 Å². The maximum atomic E-state index is 13.3. The van der Waals surface area contributed by atoms with Crippen LogP contribution in [-0.2, 0) is 11.2 Å². The molecule has 0 aromatic heterocycles. The van der Waals surface area contributed by atoms with E-state index in [9.17, 15) is 9.18 Å².